The summed E-state index contributed by atoms with van der Waals surface area (Å²) in [6.07, 6.45) is -1.42. The highest BCUT2D eigenvalue weighted by molar-refractivity contribution is 9.10. The molecule has 1 aromatic carbocycles. The number of rotatable bonds is 3. The monoisotopic (exact) mass is 367 g/mol. The van der Waals surface area contributed by atoms with Gasteiger partial charge in [0.1, 0.15) is 17.4 Å². The number of aromatic hydroxyl groups is 1. The van der Waals surface area contributed by atoms with Gasteiger partial charge in [-0.1, -0.05) is 22.0 Å². The normalized spacial score (nSPS) is 19.1. The molecule has 1 heterocycles. The molecule has 114 valence electrons. The number of alkyl halides is 3. The van der Waals surface area contributed by atoms with E-state index in [1.54, 1.807) is 0 Å². The first kappa shape index (κ1) is 15.8. The molecule has 0 aliphatic carbocycles. The summed E-state index contributed by atoms with van der Waals surface area (Å²) < 4.78 is 52.9. The van der Waals surface area contributed by atoms with Gasteiger partial charge in [0.15, 0.2) is 0 Å². The summed E-state index contributed by atoms with van der Waals surface area (Å²) in [4.78, 5) is 11.9. The Morgan fingerprint density at radius 1 is 1.33 bits per heavy atom. The Labute approximate surface area is 126 Å². The van der Waals surface area contributed by atoms with Gasteiger partial charge in [0.25, 0.3) is 6.43 Å². The van der Waals surface area contributed by atoms with Crippen molar-refractivity contribution in [2.45, 2.75) is 17.7 Å². The number of carbonyl (C=O) groups is 1. The summed E-state index contributed by atoms with van der Waals surface area (Å²) >= 11 is 3.02. The summed E-state index contributed by atoms with van der Waals surface area (Å²) in [6.45, 7) is -0.966. The van der Waals surface area contributed by atoms with Crippen molar-refractivity contribution in [2.24, 2.45) is 0 Å². The summed E-state index contributed by atoms with van der Waals surface area (Å²) in [6, 6.07) is 1.31. The van der Waals surface area contributed by atoms with Gasteiger partial charge in [0.05, 0.1) is 22.6 Å². The summed E-state index contributed by atoms with van der Waals surface area (Å²) in [5.41, 5.74) is -0.868. The molecule has 0 saturated carbocycles. The highest BCUT2D eigenvalue weighted by Gasteiger charge is 2.33. The minimum Gasteiger partial charge on any atom is -0.508 e. The quantitative estimate of drug-likeness (QED) is 0.657. The van der Waals surface area contributed by atoms with E-state index < -0.39 is 46.7 Å². The number of amides is 1. The van der Waals surface area contributed by atoms with Gasteiger partial charge < -0.3 is 10.0 Å². The minimum absolute atomic E-state index is 0.119. The molecule has 2 rings (SSSR count). The number of benzene rings is 1. The van der Waals surface area contributed by atoms with Crippen LogP contribution in [0.3, 0.4) is 0 Å². The largest absolute Gasteiger partial charge is 0.508 e. The van der Waals surface area contributed by atoms with Crippen molar-refractivity contribution >= 4 is 27.5 Å². The number of phenolic OH excluding ortho intramolecular Hbond substituents is 1. The Morgan fingerprint density at radius 3 is 2.43 bits per heavy atom. The molecule has 0 saturated heterocycles. The lowest BCUT2D eigenvalue weighted by Gasteiger charge is -2.31. The predicted molar refractivity (Wildman–Crippen MR) is 71.0 cm³/mol. The maximum Gasteiger partial charge on any atom is 0.256 e. The lowest BCUT2D eigenvalue weighted by atomic mass is 10.0. The molecular weight excluding hydrogens is 358 g/mol. The van der Waals surface area contributed by atoms with Gasteiger partial charge >= 0.3 is 0 Å². The number of nitrogens with zero attached hydrogens (tertiary/aromatic N) is 1. The van der Waals surface area contributed by atoms with Crippen molar-refractivity contribution in [1.82, 2.24) is 4.90 Å². The van der Waals surface area contributed by atoms with E-state index in [0.717, 1.165) is 0 Å². The topological polar surface area (TPSA) is 40.5 Å². The smallest absolute Gasteiger partial charge is 0.256 e. The van der Waals surface area contributed by atoms with Crippen LogP contribution in [0.1, 0.15) is 12.0 Å². The van der Waals surface area contributed by atoms with Crippen molar-refractivity contribution in [3.8, 4) is 5.75 Å². The van der Waals surface area contributed by atoms with Crippen LogP contribution >= 0.6 is 15.9 Å². The highest BCUT2D eigenvalue weighted by Crippen LogP contribution is 2.33. The zero-order chi connectivity index (χ0) is 15.7. The molecule has 1 aliphatic heterocycles. The van der Waals surface area contributed by atoms with Crippen molar-refractivity contribution < 1.29 is 27.5 Å². The molecule has 1 amide bonds. The Bertz CT molecular complexity index is 583. The molecule has 1 aliphatic rings. The third kappa shape index (κ3) is 3.20. The van der Waals surface area contributed by atoms with Gasteiger partial charge in [-0.05, 0) is 6.42 Å². The third-order valence-electron chi connectivity index (χ3n) is 2.95. The fourth-order valence-electron chi connectivity index (χ4n) is 2.08. The van der Waals surface area contributed by atoms with Gasteiger partial charge in [-0.3, -0.25) is 4.79 Å². The van der Waals surface area contributed by atoms with E-state index in [-0.39, 0.29) is 12.1 Å². The van der Waals surface area contributed by atoms with Gasteiger partial charge in [-0.2, -0.15) is 0 Å². The van der Waals surface area contributed by atoms with Crippen LogP contribution in [0.5, 0.6) is 5.75 Å². The molecule has 1 atom stereocenters. The maximum atomic E-state index is 13.9. The lowest BCUT2D eigenvalue weighted by molar-refractivity contribution is -0.129. The molecule has 1 unspecified atom stereocenters. The van der Waals surface area contributed by atoms with Crippen molar-refractivity contribution in [1.29, 1.82) is 0 Å². The first-order valence-electron chi connectivity index (χ1n) is 5.93. The number of hydrogen-bond donors (Lipinski definition) is 1. The molecule has 1 aromatic rings. The lowest BCUT2D eigenvalue weighted by Crippen LogP contribution is -2.41. The van der Waals surface area contributed by atoms with Crippen LogP contribution in [0.2, 0.25) is 0 Å². The summed E-state index contributed by atoms with van der Waals surface area (Å²) in [5, 5.41) is 9.11. The van der Waals surface area contributed by atoms with E-state index in [4.69, 9.17) is 5.11 Å². The molecule has 0 aromatic heterocycles. The van der Waals surface area contributed by atoms with E-state index in [1.807, 2.05) is 0 Å². The van der Waals surface area contributed by atoms with Gasteiger partial charge in [0, 0.05) is 12.1 Å². The van der Waals surface area contributed by atoms with Gasteiger partial charge in [-0.15, -0.1) is 0 Å². The van der Waals surface area contributed by atoms with Crippen molar-refractivity contribution in [2.75, 3.05) is 6.54 Å². The molecule has 0 bridgehead atoms. The molecule has 21 heavy (non-hydrogen) atoms. The maximum absolute atomic E-state index is 13.9. The standard InChI is InChI=1S/C13H10BrF4NO2/c14-7-1-2-10(19(13(7)21)5-11(17)18)12-8(15)3-6(20)4-9(12)16/h2-4,7,11,20H,1,5H2. The number of carbonyl (C=O) groups excluding carboxylic acids is 1. The van der Waals surface area contributed by atoms with E-state index in [2.05, 4.69) is 15.9 Å². The fourth-order valence-corrected chi connectivity index (χ4v) is 2.52. The predicted octanol–water partition coefficient (Wildman–Crippen LogP) is 3.27. The molecule has 0 spiro atoms. The van der Waals surface area contributed by atoms with Gasteiger partial charge in [-0.25, -0.2) is 17.6 Å². The number of halogens is 5. The summed E-state index contributed by atoms with van der Waals surface area (Å²) in [5.74, 6) is -3.58. The van der Waals surface area contributed by atoms with E-state index >= 15 is 0 Å². The SMILES string of the molecule is O=C1C(Br)CC=C(c2c(F)cc(O)cc2F)N1CC(F)F. The second kappa shape index (κ2) is 6.05. The van der Waals surface area contributed by atoms with E-state index in [0.29, 0.717) is 17.0 Å². The Hall–Kier alpha value is -1.57. The van der Waals surface area contributed by atoms with Crippen molar-refractivity contribution in [3.05, 3.63) is 35.4 Å². The van der Waals surface area contributed by atoms with Crippen LogP contribution in [0.25, 0.3) is 5.70 Å². The highest BCUT2D eigenvalue weighted by atomic mass is 79.9. The molecule has 3 nitrogen and oxygen atoms in total. The average molecular weight is 368 g/mol. The Morgan fingerprint density at radius 2 is 1.90 bits per heavy atom. The van der Waals surface area contributed by atoms with Crippen LogP contribution in [0.4, 0.5) is 17.6 Å². The molecule has 0 radical (unpaired) electrons. The third-order valence-corrected chi connectivity index (χ3v) is 3.71. The molecular formula is C13H10BrF4NO2. The fraction of sp³-hybridized carbons (Fsp3) is 0.308. The Kier molecular flexibility index (Phi) is 4.55. The van der Waals surface area contributed by atoms with Crippen LogP contribution in [0, 0.1) is 11.6 Å². The number of allylic oxidation sites excluding steroid dienone is 1. The van der Waals surface area contributed by atoms with Crippen LogP contribution in [-0.2, 0) is 4.79 Å². The Balaban J connectivity index is 2.52. The second-order valence-electron chi connectivity index (χ2n) is 4.42. The zero-order valence-electron chi connectivity index (χ0n) is 10.5. The van der Waals surface area contributed by atoms with Crippen LogP contribution in [-0.4, -0.2) is 33.7 Å². The molecule has 8 heteroatoms. The summed E-state index contributed by atoms with van der Waals surface area (Å²) in [7, 11) is 0. The zero-order valence-corrected chi connectivity index (χ0v) is 12.1. The van der Waals surface area contributed by atoms with Crippen LogP contribution < -0.4 is 0 Å². The first-order valence-corrected chi connectivity index (χ1v) is 6.85. The van der Waals surface area contributed by atoms with E-state index in [9.17, 15) is 22.4 Å². The van der Waals surface area contributed by atoms with E-state index in [1.165, 1.54) is 6.08 Å². The second-order valence-corrected chi connectivity index (χ2v) is 5.52. The minimum atomic E-state index is -2.85. The van der Waals surface area contributed by atoms with Crippen molar-refractivity contribution in [3.63, 3.8) is 0 Å². The average Bonchev–Trinajstić information content (AvgIpc) is 2.36. The molecule has 1 N–H and O–H groups in total. The molecule has 0 fully saturated rings. The number of hydrogen-bond acceptors (Lipinski definition) is 2. The van der Waals surface area contributed by atoms with Crippen LogP contribution in [0.15, 0.2) is 18.2 Å². The number of phenols is 1. The van der Waals surface area contributed by atoms with Gasteiger partial charge in [0.2, 0.25) is 5.91 Å². The first-order chi connectivity index (χ1) is 9.81.